The first-order valence-electron chi connectivity index (χ1n) is 3.31. The Kier molecular flexibility index (Phi) is 2.53. The van der Waals surface area contributed by atoms with Crippen LogP contribution in [-0.2, 0) is 4.79 Å². The second-order valence-corrected chi connectivity index (χ2v) is 2.19. The number of hydrogen-bond acceptors (Lipinski definition) is 3. The maximum absolute atomic E-state index is 11.2. The normalized spacial score (nSPS) is 9.08. The minimum atomic E-state index is -0.382. The van der Waals surface area contributed by atoms with E-state index in [0.717, 1.165) is 4.90 Å². The van der Waals surface area contributed by atoms with E-state index in [1.165, 1.54) is 38.0 Å². The van der Waals surface area contributed by atoms with E-state index in [0.29, 0.717) is 5.56 Å². The predicted octanol–water partition coefficient (Wildman–Crippen LogP) is 0.221. The molecule has 0 aliphatic carbocycles. The van der Waals surface area contributed by atoms with Crippen LogP contribution in [0.25, 0.3) is 0 Å². The number of rotatable bonds is 2. The molecule has 0 fully saturated rings. The van der Waals surface area contributed by atoms with Crippen LogP contribution in [0.4, 0.5) is 0 Å². The summed E-state index contributed by atoms with van der Waals surface area (Å²) in [5, 5.41) is 0. The molecule has 4 nitrogen and oxygen atoms in total. The van der Waals surface area contributed by atoms with Gasteiger partial charge in [0, 0.05) is 25.0 Å². The number of carbonyl (C=O) groups excluding carboxylic acids is 2. The fourth-order valence-corrected chi connectivity index (χ4v) is 0.730. The Labute approximate surface area is 69.8 Å². The molecule has 61 valence electrons. The Morgan fingerprint density at radius 3 is 2.58 bits per heavy atom. The highest BCUT2D eigenvalue weighted by Crippen LogP contribution is 1.98. The number of pyridine rings is 1. The van der Waals surface area contributed by atoms with E-state index < -0.39 is 0 Å². The second-order valence-electron chi connectivity index (χ2n) is 2.19. The highest BCUT2D eigenvalue weighted by Gasteiger charge is 2.09. The monoisotopic (exact) mass is 163 g/mol. The molecule has 0 saturated heterocycles. The van der Waals surface area contributed by atoms with Crippen molar-refractivity contribution < 1.29 is 9.59 Å². The second kappa shape index (κ2) is 3.61. The number of nitrogens with zero attached hydrogens (tertiary/aromatic N) is 2. The third-order valence-electron chi connectivity index (χ3n) is 1.37. The van der Waals surface area contributed by atoms with Gasteiger partial charge in [-0.25, -0.2) is 0 Å². The van der Waals surface area contributed by atoms with Crippen LogP contribution in [0.5, 0.6) is 0 Å². The van der Waals surface area contributed by atoms with Crippen LogP contribution in [0.2, 0.25) is 0 Å². The summed E-state index contributed by atoms with van der Waals surface area (Å²) in [4.78, 5) is 25.9. The molecule has 1 aromatic heterocycles. The van der Waals surface area contributed by atoms with Gasteiger partial charge in [-0.2, -0.15) is 0 Å². The first kappa shape index (κ1) is 8.39. The summed E-state index contributed by atoms with van der Waals surface area (Å²) in [5.41, 5.74) is 0.427. The van der Waals surface area contributed by atoms with Crippen LogP contribution >= 0.6 is 0 Å². The summed E-state index contributed by atoms with van der Waals surface area (Å²) in [6.07, 6.45) is 4.46. The zero-order valence-electron chi connectivity index (χ0n) is 6.52. The first-order valence-corrected chi connectivity index (χ1v) is 3.31. The zero-order valence-corrected chi connectivity index (χ0v) is 6.52. The largest absolute Gasteiger partial charge is 0.319 e. The van der Waals surface area contributed by atoms with Gasteiger partial charge in [-0.05, 0) is 12.1 Å². The molecule has 12 heavy (non-hydrogen) atoms. The minimum Gasteiger partial charge on any atom is -0.273 e. The van der Waals surface area contributed by atoms with Crippen molar-refractivity contribution in [3.63, 3.8) is 0 Å². The van der Waals surface area contributed by atoms with Gasteiger partial charge in [-0.1, -0.05) is 0 Å². The van der Waals surface area contributed by atoms with Gasteiger partial charge in [0.2, 0.25) is 0 Å². The molecule has 1 heterocycles. The van der Waals surface area contributed by atoms with Crippen LogP contribution < -0.4 is 0 Å². The van der Waals surface area contributed by atoms with E-state index in [2.05, 4.69) is 4.98 Å². The maximum Gasteiger partial charge on any atom is 0.319 e. The topological polar surface area (TPSA) is 50.3 Å². The van der Waals surface area contributed by atoms with Gasteiger partial charge in [-0.3, -0.25) is 19.5 Å². The molecular weight excluding hydrogens is 156 g/mol. The van der Waals surface area contributed by atoms with Crippen molar-refractivity contribution in [1.82, 2.24) is 9.88 Å². The number of amides is 2. The Morgan fingerprint density at radius 2 is 2.08 bits per heavy atom. The van der Waals surface area contributed by atoms with Gasteiger partial charge < -0.3 is 0 Å². The molecule has 0 unspecified atom stereocenters. The van der Waals surface area contributed by atoms with Crippen molar-refractivity contribution in [2.24, 2.45) is 0 Å². The lowest BCUT2D eigenvalue weighted by Crippen LogP contribution is -2.24. The lowest BCUT2D eigenvalue weighted by atomic mass is 10.2. The quantitative estimate of drug-likeness (QED) is 0.586. The molecule has 0 bridgehead atoms. The molecular formula is C8H7N2O2. The van der Waals surface area contributed by atoms with Crippen LogP contribution in [0.3, 0.4) is 0 Å². The lowest BCUT2D eigenvalue weighted by Gasteiger charge is -2.05. The van der Waals surface area contributed by atoms with Crippen molar-refractivity contribution in [3.8, 4) is 0 Å². The molecule has 2 amide bonds. The molecule has 0 aromatic carbocycles. The third-order valence-corrected chi connectivity index (χ3v) is 1.37. The van der Waals surface area contributed by atoms with Gasteiger partial charge in [0.05, 0.1) is 0 Å². The SMILES string of the molecule is CN([C]=O)C(=O)c1ccncc1. The van der Waals surface area contributed by atoms with Crippen LogP contribution in [-0.4, -0.2) is 29.2 Å². The standard InChI is InChI=1S/C8H7N2O2/c1-10(6-11)8(12)7-2-4-9-5-3-7/h2-5H,1H3. The molecule has 0 N–H and O–H groups in total. The molecule has 0 aliphatic heterocycles. The van der Waals surface area contributed by atoms with Crippen LogP contribution in [0.1, 0.15) is 10.4 Å². The molecule has 0 atom stereocenters. The van der Waals surface area contributed by atoms with E-state index in [1.54, 1.807) is 0 Å². The number of imide groups is 1. The smallest absolute Gasteiger partial charge is 0.273 e. The highest BCUT2D eigenvalue weighted by atomic mass is 16.2. The van der Waals surface area contributed by atoms with Crippen molar-refractivity contribution in [3.05, 3.63) is 30.1 Å². The molecule has 0 aliphatic rings. The van der Waals surface area contributed by atoms with Gasteiger partial charge >= 0.3 is 6.41 Å². The van der Waals surface area contributed by atoms with Gasteiger partial charge in [0.15, 0.2) is 0 Å². The van der Waals surface area contributed by atoms with Gasteiger partial charge in [0.1, 0.15) is 0 Å². The average Bonchev–Trinajstić information content (AvgIpc) is 2.17. The molecule has 1 radical (unpaired) electrons. The number of aromatic nitrogens is 1. The number of hydrogen-bond donors (Lipinski definition) is 0. The van der Waals surface area contributed by atoms with Gasteiger partial charge in [-0.15, -0.1) is 0 Å². The Hall–Kier alpha value is -1.71. The summed E-state index contributed by atoms with van der Waals surface area (Å²) >= 11 is 0. The molecule has 0 spiro atoms. The lowest BCUT2D eigenvalue weighted by molar-refractivity contribution is 0.0868. The molecule has 1 rings (SSSR count). The van der Waals surface area contributed by atoms with Gasteiger partial charge in [0.25, 0.3) is 5.91 Å². The Balaban J connectivity index is 2.85. The van der Waals surface area contributed by atoms with Crippen LogP contribution in [0.15, 0.2) is 24.5 Å². The highest BCUT2D eigenvalue weighted by molar-refractivity contribution is 5.99. The minimum absolute atomic E-state index is 0.382. The van der Waals surface area contributed by atoms with E-state index in [4.69, 9.17) is 0 Å². The maximum atomic E-state index is 11.2. The van der Waals surface area contributed by atoms with Crippen molar-refractivity contribution >= 4 is 12.3 Å². The summed E-state index contributed by atoms with van der Waals surface area (Å²) < 4.78 is 0. The molecule has 4 heteroatoms. The van der Waals surface area contributed by atoms with E-state index in [9.17, 15) is 9.59 Å². The third kappa shape index (κ3) is 1.66. The Morgan fingerprint density at radius 1 is 1.50 bits per heavy atom. The molecule has 0 saturated carbocycles. The van der Waals surface area contributed by atoms with E-state index >= 15 is 0 Å². The average molecular weight is 163 g/mol. The first-order chi connectivity index (χ1) is 5.75. The van der Waals surface area contributed by atoms with Crippen molar-refractivity contribution in [2.45, 2.75) is 0 Å². The summed E-state index contributed by atoms with van der Waals surface area (Å²) in [6.45, 7) is 0. The summed E-state index contributed by atoms with van der Waals surface area (Å²) in [6, 6.07) is 3.08. The fraction of sp³-hybridized carbons (Fsp3) is 0.125. The van der Waals surface area contributed by atoms with E-state index in [-0.39, 0.29) is 5.91 Å². The summed E-state index contributed by atoms with van der Waals surface area (Å²) in [7, 11) is 1.36. The number of carbonyl (C=O) groups is 1. The molecule has 1 aromatic rings. The zero-order chi connectivity index (χ0) is 8.97. The van der Waals surface area contributed by atoms with Crippen molar-refractivity contribution in [2.75, 3.05) is 7.05 Å². The fourth-order valence-electron chi connectivity index (χ4n) is 0.730. The predicted molar refractivity (Wildman–Crippen MR) is 42.0 cm³/mol. The Bertz CT molecular complexity index is 284. The summed E-state index contributed by atoms with van der Waals surface area (Å²) in [5.74, 6) is -0.382. The van der Waals surface area contributed by atoms with E-state index in [1.807, 2.05) is 0 Å². The van der Waals surface area contributed by atoms with Crippen LogP contribution in [0, 0.1) is 0 Å². The van der Waals surface area contributed by atoms with Crippen molar-refractivity contribution in [1.29, 1.82) is 0 Å².